The van der Waals surface area contributed by atoms with Crippen molar-refractivity contribution in [2.24, 2.45) is 11.7 Å². The molecule has 0 aliphatic carbocycles. The van der Waals surface area contributed by atoms with Crippen LogP contribution in [0.1, 0.15) is 29.8 Å². The minimum absolute atomic E-state index is 0. The van der Waals surface area contributed by atoms with Crippen LogP contribution in [0.5, 0.6) is 0 Å². The van der Waals surface area contributed by atoms with Crippen molar-refractivity contribution in [3.05, 3.63) is 47.5 Å². The fourth-order valence-electron chi connectivity index (χ4n) is 3.33. The van der Waals surface area contributed by atoms with E-state index in [9.17, 15) is 4.79 Å². The van der Waals surface area contributed by atoms with Crippen LogP contribution < -0.4 is 5.73 Å². The van der Waals surface area contributed by atoms with Crippen LogP contribution >= 0.6 is 24.8 Å². The Balaban J connectivity index is 0.00000156. The van der Waals surface area contributed by atoms with Gasteiger partial charge in [0.1, 0.15) is 0 Å². The molecule has 0 amide bonds. The Morgan fingerprint density at radius 1 is 1.32 bits per heavy atom. The predicted octanol–water partition coefficient (Wildman–Crippen LogP) is 2.89. The number of para-hydroxylation sites is 1. The van der Waals surface area contributed by atoms with E-state index < -0.39 is 0 Å². The highest BCUT2D eigenvalue weighted by molar-refractivity contribution is 5.85. The quantitative estimate of drug-likeness (QED) is 0.775. The molecule has 0 bridgehead atoms. The summed E-state index contributed by atoms with van der Waals surface area (Å²) in [4.78, 5) is 16.6. The van der Waals surface area contributed by atoms with E-state index >= 15 is 0 Å². The molecule has 0 saturated carbocycles. The third kappa shape index (κ3) is 4.54. The van der Waals surface area contributed by atoms with Crippen molar-refractivity contribution in [1.82, 2.24) is 9.55 Å². The van der Waals surface area contributed by atoms with Gasteiger partial charge in [0.15, 0.2) is 0 Å². The summed E-state index contributed by atoms with van der Waals surface area (Å²) in [5.41, 5.74) is 10.3. The number of carbonyl (C=O) groups excluding carboxylic acids is 1. The molecule has 1 atom stereocenters. The molecule has 2 N–H and O–H groups in total. The van der Waals surface area contributed by atoms with Gasteiger partial charge in [-0.25, -0.2) is 4.98 Å². The number of aromatic nitrogens is 2. The Bertz CT molecular complexity index is 703. The molecule has 138 valence electrons. The molecule has 0 fully saturated rings. The molecule has 7 heteroatoms. The van der Waals surface area contributed by atoms with E-state index in [2.05, 4.69) is 27.8 Å². The number of fused-ring (bicyclic) bond motifs is 3. The van der Waals surface area contributed by atoms with Gasteiger partial charge < -0.3 is 15.0 Å². The molecular formula is C18H25Cl2N3O2. The fraction of sp³-hybridized carbons (Fsp3) is 0.444. The Kier molecular flexibility index (Phi) is 8.42. The number of methoxy groups -OCH3 is 1. The summed E-state index contributed by atoms with van der Waals surface area (Å²) < 4.78 is 7.10. The number of aryl methyl sites for hydroxylation is 1. The monoisotopic (exact) mass is 385 g/mol. The normalized spacial score (nSPS) is 12.9. The first kappa shape index (κ1) is 21.5. The first-order valence-corrected chi connectivity index (χ1v) is 8.16. The van der Waals surface area contributed by atoms with E-state index in [0.29, 0.717) is 13.0 Å². The van der Waals surface area contributed by atoms with E-state index in [-0.39, 0.29) is 36.7 Å². The van der Waals surface area contributed by atoms with Crippen LogP contribution in [0, 0.1) is 5.92 Å². The molecule has 5 nitrogen and oxygen atoms in total. The number of hydrogen-bond donors (Lipinski definition) is 1. The van der Waals surface area contributed by atoms with Gasteiger partial charge in [0.05, 0.1) is 25.0 Å². The van der Waals surface area contributed by atoms with Gasteiger partial charge in [0.25, 0.3) is 0 Å². The zero-order valence-electron chi connectivity index (χ0n) is 14.3. The Morgan fingerprint density at radius 3 is 2.80 bits per heavy atom. The zero-order chi connectivity index (χ0) is 16.2. The van der Waals surface area contributed by atoms with Gasteiger partial charge in [-0.15, -0.1) is 24.8 Å². The maximum Gasteiger partial charge on any atom is 0.309 e. The van der Waals surface area contributed by atoms with Crippen LogP contribution in [0.3, 0.4) is 0 Å². The van der Waals surface area contributed by atoms with E-state index in [1.807, 2.05) is 12.4 Å². The summed E-state index contributed by atoms with van der Waals surface area (Å²) in [6.07, 6.45) is 6.03. The third-order valence-electron chi connectivity index (χ3n) is 4.57. The average Bonchev–Trinajstić information content (AvgIpc) is 3.01. The van der Waals surface area contributed by atoms with Crippen LogP contribution in [-0.4, -0.2) is 29.2 Å². The lowest BCUT2D eigenvalue weighted by molar-refractivity contribution is -0.145. The molecule has 0 radical (unpaired) electrons. The summed E-state index contributed by atoms with van der Waals surface area (Å²) in [5.74, 6) is -0.336. The number of benzene rings is 1. The van der Waals surface area contributed by atoms with Crippen molar-refractivity contribution in [2.45, 2.75) is 32.1 Å². The van der Waals surface area contributed by atoms with E-state index in [1.54, 1.807) is 0 Å². The second kappa shape index (κ2) is 9.80. The largest absolute Gasteiger partial charge is 0.469 e. The summed E-state index contributed by atoms with van der Waals surface area (Å²) in [6.45, 7) is 0.585. The highest BCUT2D eigenvalue weighted by Crippen LogP contribution is 2.28. The molecule has 2 heterocycles. The average molecular weight is 386 g/mol. The molecule has 1 aliphatic heterocycles. The number of carbonyl (C=O) groups is 1. The lowest BCUT2D eigenvalue weighted by atomic mass is 9.94. The smallest absolute Gasteiger partial charge is 0.309 e. The number of ether oxygens (including phenoxy) is 1. The fourth-order valence-corrected chi connectivity index (χ4v) is 3.33. The number of imidazole rings is 1. The highest BCUT2D eigenvalue weighted by Gasteiger charge is 2.25. The lowest BCUT2D eigenvalue weighted by Gasteiger charge is -2.20. The number of hydrogen-bond acceptors (Lipinski definition) is 4. The maximum atomic E-state index is 12.0. The van der Waals surface area contributed by atoms with Crippen LogP contribution in [0.25, 0.3) is 5.69 Å². The molecule has 25 heavy (non-hydrogen) atoms. The molecule has 0 saturated heterocycles. The maximum absolute atomic E-state index is 12.0. The predicted molar refractivity (Wildman–Crippen MR) is 103 cm³/mol. The van der Waals surface area contributed by atoms with Crippen molar-refractivity contribution in [3.63, 3.8) is 0 Å². The first-order chi connectivity index (χ1) is 11.2. The molecule has 1 unspecified atom stereocenters. The van der Waals surface area contributed by atoms with Gasteiger partial charge >= 0.3 is 5.97 Å². The van der Waals surface area contributed by atoms with Crippen molar-refractivity contribution in [3.8, 4) is 5.69 Å². The number of esters is 1. The Hall–Kier alpha value is -1.56. The second-order valence-corrected chi connectivity index (χ2v) is 5.99. The number of halogens is 2. The van der Waals surface area contributed by atoms with Crippen molar-refractivity contribution < 1.29 is 9.53 Å². The number of nitrogens with zero attached hydrogens (tertiary/aromatic N) is 2. The number of nitrogens with two attached hydrogens (primary N) is 1. The molecule has 0 spiro atoms. The SMILES string of the molecule is COC(=O)C(CCCN)Cc1ncn2c1CCc1ccccc1-2.Cl.Cl. The summed E-state index contributed by atoms with van der Waals surface area (Å²) >= 11 is 0. The molecule has 1 aromatic heterocycles. The van der Waals surface area contributed by atoms with Gasteiger partial charge in [-0.2, -0.15) is 0 Å². The lowest BCUT2D eigenvalue weighted by Crippen LogP contribution is -2.21. The summed E-state index contributed by atoms with van der Waals surface area (Å²) in [6, 6.07) is 8.40. The van der Waals surface area contributed by atoms with Gasteiger partial charge in [0.2, 0.25) is 0 Å². The minimum Gasteiger partial charge on any atom is -0.469 e. The summed E-state index contributed by atoms with van der Waals surface area (Å²) in [5, 5.41) is 0. The summed E-state index contributed by atoms with van der Waals surface area (Å²) in [7, 11) is 1.44. The van der Waals surface area contributed by atoms with E-state index in [0.717, 1.165) is 31.4 Å². The van der Waals surface area contributed by atoms with Gasteiger partial charge in [0, 0.05) is 17.8 Å². The molecule has 3 rings (SSSR count). The Morgan fingerprint density at radius 2 is 2.08 bits per heavy atom. The molecule has 1 aromatic carbocycles. The van der Waals surface area contributed by atoms with E-state index in [1.165, 1.54) is 24.1 Å². The van der Waals surface area contributed by atoms with Crippen molar-refractivity contribution in [1.29, 1.82) is 0 Å². The number of rotatable bonds is 6. The first-order valence-electron chi connectivity index (χ1n) is 8.16. The van der Waals surface area contributed by atoms with Crippen LogP contribution in [-0.2, 0) is 28.8 Å². The topological polar surface area (TPSA) is 70.1 Å². The van der Waals surface area contributed by atoms with Crippen LogP contribution in [0.2, 0.25) is 0 Å². The standard InChI is InChI=1S/C18H23N3O2.2ClH/c1-23-18(22)14(6-4-10-19)11-15-17-9-8-13-5-2-3-7-16(13)21(17)12-20-15;;/h2-3,5,7,12,14H,4,6,8-11,19H2,1H3;2*1H. The van der Waals surface area contributed by atoms with Crippen LogP contribution in [0.15, 0.2) is 30.6 Å². The molecular weight excluding hydrogens is 361 g/mol. The molecule has 1 aliphatic rings. The second-order valence-electron chi connectivity index (χ2n) is 5.99. The zero-order valence-corrected chi connectivity index (χ0v) is 15.9. The van der Waals surface area contributed by atoms with Crippen LogP contribution in [0.4, 0.5) is 0 Å². The van der Waals surface area contributed by atoms with Gasteiger partial charge in [-0.05, 0) is 43.9 Å². The molecule has 2 aromatic rings. The van der Waals surface area contributed by atoms with Gasteiger partial charge in [-0.1, -0.05) is 18.2 Å². The Labute approximate surface area is 160 Å². The van der Waals surface area contributed by atoms with Crippen molar-refractivity contribution in [2.75, 3.05) is 13.7 Å². The van der Waals surface area contributed by atoms with Crippen molar-refractivity contribution >= 4 is 30.8 Å². The minimum atomic E-state index is -0.170. The van der Waals surface area contributed by atoms with Gasteiger partial charge in [-0.3, -0.25) is 4.79 Å². The highest BCUT2D eigenvalue weighted by atomic mass is 35.5. The third-order valence-corrected chi connectivity index (χ3v) is 4.57. The van der Waals surface area contributed by atoms with E-state index in [4.69, 9.17) is 10.5 Å².